The summed E-state index contributed by atoms with van der Waals surface area (Å²) in [6.07, 6.45) is 0. The summed E-state index contributed by atoms with van der Waals surface area (Å²) in [5.41, 5.74) is 0.0763. The molecule has 0 aliphatic carbocycles. The van der Waals surface area contributed by atoms with E-state index in [1.54, 1.807) is 67.6 Å². The number of carbonyl (C=O) groups is 2. The molecule has 4 aromatic rings. The molecule has 0 unspecified atom stereocenters. The molecule has 2 aromatic carbocycles. The van der Waals surface area contributed by atoms with Crippen LogP contribution in [0, 0.1) is 0 Å². The standard InChI is InChI=1S/C23H18N2O5/c1-2-30-23(29)16-13-17(24-21(27)14-8-4-3-5-9-14)22(28)25-18-11-7-6-10-15(18)12-19(25)20(16)26/h3-13,26H,2H2,1H3,(H,24,27). The van der Waals surface area contributed by atoms with Crippen molar-refractivity contribution in [1.82, 2.24) is 4.40 Å². The lowest BCUT2D eigenvalue weighted by Gasteiger charge is -2.04. The van der Waals surface area contributed by atoms with Crippen molar-refractivity contribution < 1.29 is 19.4 Å². The smallest absolute Gasteiger partial charge is 0.342 e. The van der Waals surface area contributed by atoms with E-state index in [1.165, 1.54) is 4.40 Å². The number of fused-ring (bicyclic) bond motifs is 3. The van der Waals surface area contributed by atoms with Crippen LogP contribution >= 0.6 is 0 Å². The van der Waals surface area contributed by atoms with Gasteiger partial charge in [0.05, 0.1) is 17.6 Å². The first-order chi connectivity index (χ1) is 14.5. The SMILES string of the molecule is CCOC(=O)c1cc(NC(=O)c2ccccc2)c(=O)n2c(cc3ccccc32)c1O. The Morgan fingerprint density at radius 1 is 1.00 bits per heavy atom. The molecule has 0 saturated heterocycles. The van der Waals surface area contributed by atoms with Gasteiger partial charge in [0, 0.05) is 10.9 Å². The number of benzene rings is 2. The number of nitrogens with one attached hydrogen (secondary N) is 1. The normalized spacial score (nSPS) is 10.8. The van der Waals surface area contributed by atoms with Gasteiger partial charge < -0.3 is 15.2 Å². The molecule has 30 heavy (non-hydrogen) atoms. The Kier molecular flexibility index (Phi) is 4.93. The molecule has 0 fully saturated rings. The van der Waals surface area contributed by atoms with Crippen LogP contribution in [0.25, 0.3) is 16.4 Å². The molecule has 0 bridgehead atoms. The van der Waals surface area contributed by atoms with Crippen molar-refractivity contribution in [1.29, 1.82) is 0 Å². The van der Waals surface area contributed by atoms with Gasteiger partial charge in [-0.05, 0) is 37.3 Å². The molecule has 0 radical (unpaired) electrons. The predicted octanol–water partition coefficient (Wildman–Crippen LogP) is 3.59. The Hall–Kier alpha value is -4.13. The van der Waals surface area contributed by atoms with Gasteiger partial charge in [-0.1, -0.05) is 36.4 Å². The first kappa shape index (κ1) is 19.2. The first-order valence-electron chi connectivity index (χ1n) is 9.35. The average Bonchev–Trinajstić information content (AvgIpc) is 3.11. The number of anilines is 1. The van der Waals surface area contributed by atoms with E-state index in [2.05, 4.69) is 5.32 Å². The van der Waals surface area contributed by atoms with Crippen molar-refractivity contribution in [2.24, 2.45) is 0 Å². The molecule has 2 aromatic heterocycles. The van der Waals surface area contributed by atoms with Gasteiger partial charge in [0.25, 0.3) is 11.5 Å². The van der Waals surface area contributed by atoms with E-state index in [4.69, 9.17) is 4.74 Å². The van der Waals surface area contributed by atoms with Crippen LogP contribution in [0.2, 0.25) is 0 Å². The Bertz CT molecular complexity index is 1340. The summed E-state index contributed by atoms with van der Waals surface area (Å²) in [4.78, 5) is 38.5. The Morgan fingerprint density at radius 3 is 2.43 bits per heavy atom. The number of para-hydroxylation sites is 1. The number of aromatic nitrogens is 1. The van der Waals surface area contributed by atoms with Crippen molar-refractivity contribution in [3.8, 4) is 5.75 Å². The summed E-state index contributed by atoms with van der Waals surface area (Å²) in [7, 11) is 0. The largest absolute Gasteiger partial charge is 0.505 e. The highest BCUT2D eigenvalue weighted by Gasteiger charge is 2.21. The molecule has 2 N–H and O–H groups in total. The average molecular weight is 402 g/mol. The zero-order valence-corrected chi connectivity index (χ0v) is 16.1. The lowest BCUT2D eigenvalue weighted by molar-refractivity contribution is 0.0523. The van der Waals surface area contributed by atoms with Crippen molar-refractivity contribution in [2.75, 3.05) is 11.9 Å². The molecule has 0 spiro atoms. The minimum Gasteiger partial charge on any atom is -0.505 e. The van der Waals surface area contributed by atoms with E-state index in [9.17, 15) is 19.5 Å². The maximum atomic E-state index is 13.3. The third-order valence-corrected chi connectivity index (χ3v) is 4.71. The Balaban J connectivity index is 2.01. The molecular weight excluding hydrogens is 384 g/mol. The third-order valence-electron chi connectivity index (χ3n) is 4.71. The van der Waals surface area contributed by atoms with Crippen LogP contribution in [0.4, 0.5) is 5.69 Å². The number of amides is 1. The van der Waals surface area contributed by atoms with Crippen LogP contribution in [0.3, 0.4) is 0 Å². The number of hydrogen-bond acceptors (Lipinski definition) is 5. The fourth-order valence-corrected chi connectivity index (χ4v) is 3.32. The van der Waals surface area contributed by atoms with E-state index in [0.29, 0.717) is 16.5 Å². The summed E-state index contributed by atoms with van der Waals surface area (Å²) in [5, 5.41) is 14.1. The van der Waals surface area contributed by atoms with Crippen LogP contribution in [-0.4, -0.2) is 28.0 Å². The molecule has 2 heterocycles. The van der Waals surface area contributed by atoms with E-state index in [-0.39, 0.29) is 23.4 Å². The summed E-state index contributed by atoms with van der Waals surface area (Å²) in [6.45, 7) is 1.72. The van der Waals surface area contributed by atoms with Gasteiger partial charge >= 0.3 is 5.97 Å². The van der Waals surface area contributed by atoms with Crippen LogP contribution in [0.15, 0.2) is 71.5 Å². The number of rotatable bonds is 4. The highest BCUT2D eigenvalue weighted by molar-refractivity contribution is 6.05. The minimum atomic E-state index is -0.798. The predicted molar refractivity (Wildman–Crippen MR) is 113 cm³/mol. The highest BCUT2D eigenvalue weighted by Crippen LogP contribution is 2.29. The van der Waals surface area contributed by atoms with Gasteiger partial charge in [-0.25, -0.2) is 4.79 Å². The van der Waals surface area contributed by atoms with E-state index < -0.39 is 23.2 Å². The first-order valence-corrected chi connectivity index (χ1v) is 9.35. The van der Waals surface area contributed by atoms with E-state index >= 15 is 0 Å². The molecule has 0 aliphatic heterocycles. The zero-order valence-electron chi connectivity index (χ0n) is 16.1. The molecule has 150 valence electrons. The Labute approximate surface area is 171 Å². The number of ether oxygens (including phenoxy) is 1. The maximum Gasteiger partial charge on any atom is 0.342 e. The van der Waals surface area contributed by atoms with Crippen LogP contribution in [0.5, 0.6) is 5.75 Å². The Morgan fingerprint density at radius 2 is 1.70 bits per heavy atom. The van der Waals surface area contributed by atoms with Crippen LogP contribution < -0.4 is 10.9 Å². The van der Waals surface area contributed by atoms with Crippen LogP contribution in [0.1, 0.15) is 27.6 Å². The number of aromatic hydroxyl groups is 1. The maximum absolute atomic E-state index is 13.3. The second kappa shape index (κ2) is 7.71. The van der Waals surface area contributed by atoms with Crippen molar-refractivity contribution in [3.63, 3.8) is 0 Å². The van der Waals surface area contributed by atoms with Gasteiger partial charge in [0.2, 0.25) is 0 Å². The minimum absolute atomic E-state index is 0.0894. The van der Waals surface area contributed by atoms with Crippen molar-refractivity contribution in [3.05, 3.63) is 88.2 Å². The van der Waals surface area contributed by atoms with Gasteiger partial charge in [-0.15, -0.1) is 0 Å². The lowest BCUT2D eigenvalue weighted by Crippen LogP contribution is -2.20. The van der Waals surface area contributed by atoms with Gasteiger partial charge in [0.15, 0.2) is 5.75 Å². The molecule has 7 heteroatoms. The third kappa shape index (κ3) is 3.26. The fraction of sp³-hybridized carbons (Fsp3) is 0.0870. The summed E-state index contributed by atoms with van der Waals surface area (Å²) in [6, 6.07) is 18.2. The summed E-state index contributed by atoms with van der Waals surface area (Å²) in [5.74, 6) is -1.72. The molecule has 4 rings (SSSR count). The number of hydrogen-bond donors (Lipinski definition) is 2. The van der Waals surface area contributed by atoms with Gasteiger partial charge in [0.1, 0.15) is 11.3 Å². The molecule has 0 aliphatic rings. The molecule has 7 nitrogen and oxygen atoms in total. The quantitative estimate of drug-likeness (QED) is 0.509. The zero-order chi connectivity index (χ0) is 21.3. The number of esters is 1. The van der Waals surface area contributed by atoms with E-state index in [0.717, 1.165) is 6.07 Å². The second-order valence-corrected chi connectivity index (χ2v) is 6.59. The van der Waals surface area contributed by atoms with Crippen molar-refractivity contribution in [2.45, 2.75) is 6.92 Å². The summed E-state index contributed by atoms with van der Waals surface area (Å²) >= 11 is 0. The lowest BCUT2D eigenvalue weighted by atomic mass is 10.2. The van der Waals surface area contributed by atoms with Gasteiger partial charge in [-0.3, -0.25) is 14.0 Å². The van der Waals surface area contributed by atoms with Gasteiger partial charge in [-0.2, -0.15) is 0 Å². The fourth-order valence-electron chi connectivity index (χ4n) is 3.32. The topological polar surface area (TPSA) is 97.1 Å². The second-order valence-electron chi connectivity index (χ2n) is 6.59. The number of nitrogens with zero attached hydrogens (tertiary/aromatic N) is 1. The molecule has 0 saturated carbocycles. The van der Waals surface area contributed by atoms with Crippen molar-refractivity contribution >= 4 is 34.0 Å². The summed E-state index contributed by atoms with van der Waals surface area (Å²) < 4.78 is 6.31. The molecule has 1 amide bonds. The molecular formula is C23H18N2O5. The van der Waals surface area contributed by atoms with E-state index in [1.807, 2.05) is 0 Å². The number of carbonyl (C=O) groups excluding carboxylic acids is 2. The monoisotopic (exact) mass is 402 g/mol. The molecule has 0 atom stereocenters. The highest BCUT2D eigenvalue weighted by atomic mass is 16.5. The van der Waals surface area contributed by atoms with Crippen LogP contribution in [-0.2, 0) is 4.74 Å².